The molecule has 0 spiro atoms. The maximum atomic E-state index is 14.5. The number of carbonyl (C=O) groups is 2. The van der Waals surface area contributed by atoms with E-state index in [9.17, 15) is 27.2 Å². The first-order valence-corrected chi connectivity index (χ1v) is 18.3. The second-order valence-corrected chi connectivity index (χ2v) is 13.1. The van der Waals surface area contributed by atoms with Crippen LogP contribution in [0.5, 0.6) is 0 Å². The van der Waals surface area contributed by atoms with Crippen molar-refractivity contribution in [2.75, 3.05) is 5.73 Å². The van der Waals surface area contributed by atoms with Crippen molar-refractivity contribution in [3.05, 3.63) is 187 Å². The molecule has 0 aliphatic rings. The Kier molecular flexibility index (Phi) is 15.8. The normalized spacial score (nSPS) is 10.3. The third-order valence-electron chi connectivity index (χ3n) is 8.62. The highest BCUT2D eigenvalue weighted by Crippen LogP contribution is 2.25. The number of rotatable bonds is 10. The van der Waals surface area contributed by atoms with Crippen LogP contribution in [0.2, 0.25) is 0 Å². The van der Waals surface area contributed by atoms with Gasteiger partial charge in [-0.3, -0.25) is 14.6 Å². The first kappa shape index (κ1) is 45.0. The van der Waals surface area contributed by atoms with Crippen LogP contribution in [0.25, 0.3) is 44.8 Å². The number of carboxylic acid groups (broad SMARTS) is 1. The molecule has 62 heavy (non-hydrogen) atoms. The number of nitrogen functional groups attached to an aromatic ring is 1. The van der Waals surface area contributed by atoms with Crippen molar-refractivity contribution in [1.82, 2.24) is 40.3 Å². The van der Waals surface area contributed by atoms with Gasteiger partial charge in [0.15, 0.2) is 0 Å². The molecule has 2 aromatic carbocycles. The minimum atomic E-state index is -1.03. The number of pyridine rings is 4. The number of Topliss-reactive ketones (excluding diaryl/α,β-unsaturated/α-hetero) is 1. The number of hydrogen-bond donors (Lipinski definition) is 2. The fourth-order valence-electron chi connectivity index (χ4n) is 5.76. The second-order valence-electron chi connectivity index (χ2n) is 13.1. The van der Waals surface area contributed by atoms with Crippen LogP contribution in [0.1, 0.15) is 24.2 Å². The summed E-state index contributed by atoms with van der Waals surface area (Å²) in [6.07, 6.45) is 9.05. The van der Waals surface area contributed by atoms with E-state index in [0.717, 1.165) is 29.0 Å². The van der Waals surface area contributed by atoms with Crippen LogP contribution in [-0.2, 0) is 28.9 Å². The van der Waals surface area contributed by atoms with Crippen LogP contribution in [0.15, 0.2) is 146 Å². The van der Waals surface area contributed by atoms with Crippen LogP contribution in [-0.4, -0.2) is 57.2 Å². The number of carboxylic acids is 1. The minimum absolute atomic E-state index is 0. The molecule has 0 aliphatic heterocycles. The number of halogens is 4. The summed E-state index contributed by atoms with van der Waals surface area (Å²) in [5, 5.41) is 24.2. The van der Waals surface area contributed by atoms with Gasteiger partial charge in [-0.05, 0) is 95.1 Å². The molecule has 0 radical (unpaired) electrons. The Morgan fingerprint density at radius 3 is 1.47 bits per heavy atom. The number of aliphatic carboxylic acids is 1. The van der Waals surface area contributed by atoms with Gasteiger partial charge >= 0.3 is 5.97 Å². The lowest BCUT2D eigenvalue weighted by Crippen LogP contribution is -2.08. The molecule has 6 aromatic heterocycles. The van der Waals surface area contributed by atoms with E-state index in [4.69, 9.17) is 10.8 Å². The van der Waals surface area contributed by atoms with E-state index in [-0.39, 0.29) is 43.6 Å². The summed E-state index contributed by atoms with van der Waals surface area (Å²) >= 11 is 0. The minimum Gasteiger partial charge on any atom is -0.481 e. The van der Waals surface area contributed by atoms with E-state index < -0.39 is 29.5 Å². The Bertz CT molecular complexity index is 2730. The predicted molar refractivity (Wildman–Crippen MR) is 225 cm³/mol. The Morgan fingerprint density at radius 2 is 1.05 bits per heavy atom. The van der Waals surface area contributed by atoms with Gasteiger partial charge in [-0.2, -0.15) is 29.2 Å². The number of carbonyl (C=O) groups excluding carboxylic acids is 1. The van der Waals surface area contributed by atoms with E-state index in [2.05, 4.69) is 40.3 Å². The number of benzene rings is 2. The molecule has 0 aliphatic carbocycles. The summed E-state index contributed by atoms with van der Waals surface area (Å²) in [7, 11) is 0. The average molecular weight is 840 g/mol. The number of ketones is 1. The van der Waals surface area contributed by atoms with Crippen molar-refractivity contribution in [3.63, 3.8) is 0 Å². The highest BCUT2D eigenvalue weighted by atomic mass is 19.1. The topological polar surface area (TPSA) is 184 Å². The number of nitrogens with zero attached hydrogens (tertiary/aromatic N) is 8. The first-order chi connectivity index (χ1) is 29.5. The van der Waals surface area contributed by atoms with Gasteiger partial charge < -0.3 is 10.8 Å². The highest BCUT2D eigenvalue weighted by Gasteiger charge is 2.12. The highest BCUT2D eigenvalue weighted by molar-refractivity contribution is 5.83. The van der Waals surface area contributed by atoms with Gasteiger partial charge in [0.25, 0.3) is 0 Å². The molecule has 12 nitrogen and oxygen atoms in total. The zero-order valence-electron chi connectivity index (χ0n) is 31.9. The lowest BCUT2D eigenvalue weighted by Gasteiger charge is -2.07. The van der Waals surface area contributed by atoms with E-state index in [1.807, 2.05) is 30.3 Å². The summed E-state index contributed by atoms with van der Waals surface area (Å²) in [6.45, 7) is 0. The van der Waals surface area contributed by atoms with E-state index in [0.29, 0.717) is 39.5 Å². The molecule has 0 fully saturated rings. The van der Waals surface area contributed by atoms with Gasteiger partial charge in [0.2, 0.25) is 11.9 Å². The second kappa shape index (κ2) is 21.7. The van der Waals surface area contributed by atoms with E-state index >= 15 is 0 Å². The molecule has 0 atom stereocenters. The van der Waals surface area contributed by atoms with Gasteiger partial charge in [-0.15, -0.1) is 0 Å². The number of aromatic nitrogens is 8. The maximum absolute atomic E-state index is 14.5. The van der Waals surface area contributed by atoms with Gasteiger partial charge in [0.1, 0.15) is 23.2 Å². The Morgan fingerprint density at radius 1 is 0.532 bits per heavy atom. The van der Waals surface area contributed by atoms with Crippen molar-refractivity contribution in [2.45, 2.75) is 26.7 Å². The molecule has 0 bridgehead atoms. The summed E-state index contributed by atoms with van der Waals surface area (Å²) in [4.78, 5) is 38.0. The molecule has 0 saturated heterocycles. The average Bonchev–Trinajstić information content (AvgIpc) is 3.25. The monoisotopic (exact) mass is 839 g/mol. The third kappa shape index (κ3) is 12.9. The van der Waals surface area contributed by atoms with Crippen LogP contribution in [0.4, 0.5) is 23.4 Å². The van der Waals surface area contributed by atoms with Crippen LogP contribution >= 0.6 is 0 Å². The molecular weight excluding hydrogens is 803 g/mol. The third-order valence-corrected chi connectivity index (χ3v) is 8.62. The van der Waals surface area contributed by atoms with Crippen molar-refractivity contribution in [3.8, 4) is 44.8 Å². The summed E-state index contributed by atoms with van der Waals surface area (Å²) in [6, 6.07) is 28.4. The van der Waals surface area contributed by atoms with Crippen molar-refractivity contribution >= 4 is 17.6 Å². The largest absolute Gasteiger partial charge is 0.481 e. The molecule has 8 aromatic rings. The standard InChI is InChI=1S/C23H16F2N4O.C13H9F2NO2.C9H8N4.CH4/c24-21-11-15(3-6-20(21)16-7-9-26-23(25)12-16)10-19(30)13-18-5-4-17(14-27-18)22-2-1-8-28-29-22;14-11-5-8(6-13(17)18)1-2-10(11)9-3-4-16-12(15)7-9;10-9-4-3-7(6-11-9)8-2-1-5-12-13-8;/h1-9,11-12,14H,10,13H2;1-5,7H,6H2,(H,17,18);1-6H,(H2,10,11);1H4. The summed E-state index contributed by atoms with van der Waals surface area (Å²) in [5.74, 6) is -3.08. The fourth-order valence-corrected chi connectivity index (χ4v) is 5.76. The maximum Gasteiger partial charge on any atom is 0.307 e. The zero-order chi connectivity index (χ0) is 43.1. The van der Waals surface area contributed by atoms with Crippen molar-refractivity contribution in [1.29, 1.82) is 0 Å². The van der Waals surface area contributed by atoms with Gasteiger partial charge in [0, 0.05) is 90.1 Å². The van der Waals surface area contributed by atoms with E-state index in [1.54, 1.807) is 55.1 Å². The summed E-state index contributed by atoms with van der Waals surface area (Å²) in [5.41, 5.74) is 11.4. The number of hydrogen-bond acceptors (Lipinski definition) is 11. The first-order valence-electron chi connectivity index (χ1n) is 18.3. The Labute approximate surface area is 353 Å². The predicted octanol–water partition coefficient (Wildman–Crippen LogP) is 8.64. The summed E-state index contributed by atoms with van der Waals surface area (Å²) < 4.78 is 54.5. The quantitative estimate of drug-likeness (QED) is 0.0989. The lowest BCUT2D eigenvalue weighted by atomic mass is 10.0. The molecule has 16 heteroatoms. The molecule has 0 saturated carbocycles. The Hall–Kier alpha value is -8.14. The molecule has 6 heterocycles. The molecule has 3 N–H and O–H groups in total. The van der Waals surface area contributed by atoms with Crippen molar-refractivity contribution < 1.29 is 32.3 Å². The van der Waals surface area contributed by atoms with E-state index in [1.165, 1.54) is 48.8 Å². The van der Waals surface area contributed by atoms with Crippen molar-refractivity contribution in [2.24, 2.45) is 0 Å². The molecule has 0 unspecified atom stereocenters. The number of anilines is 1. The van der Waals surface area contributed by atoms with Gasteiger partial charge in [-0.25, -0.2) is 23.7 Å². The molecule has 0 amide bonds. The van der Waals surface area contributed by atoms with Crippen LogP contribution in [0.3, 0.4) is 0 Å². The lowest BCUT2D eigenvalue weighted by molar-refractivity contribution is -0.136. The van der Waals surface area contributed by atoms with Gasteiger partial charge in [0.05, 0.1) is 17.8 Å². The molecule has 8 rings (SSSR count). The van der Waals surface area contributed by atoms with Gasteiger partial charge in [-0.1, -0.05) is 31.7 Å². The van der Waals surface area contributed by atoms with Crippen LogP contribution in [0, 0.1) is 23.5 Å². The molecule has 312 valence electrons. The van der Waals surface area contributed by atoms with Crippen LogP contribution < -0.4 is 5.73 Å². The molecular formula is C46H37F4N9O3. The number of nitrogens with two attached hydrogens (primary N) is 1. The smallest absolute Gasteiger partial charge is 0.307 e. The SMILES string of the molecule is C.Nc1ccc(-c2cccnn2)cn1.O=C(Cc1ccc(-c2ccnc(F)c2)c(F)c1)Cc1ccc(-c2cccnn2)cn1.O=C(O)Cc1ccc(-c2ccnc(F)c2)c(F)c1. The zero-order valence-corrected chi connectivity index (χ0v) is 31.9. The Balaban J connectivity index is 0.000000192. The fraction of sp³-hybridized carbons (Fsp3) is 0.0870.